The number of aromatic nitrogens is 2. The molecule has 0 amide bonds. The molecule has 9 heteroatoms. The number of aliphatic hydroxyl groups is 1. The second-order valence-corrected chi connectivity index (χ2v) is 5.97. The van der Waals surface area contributed by atoms with Crippen LogP contribution in [0.5, 0.6) is 0 Å². The zero-order valence-corrected chi connectivity index (χ0v) is 12.9. The first-order valence-electron chi connectivity index (χ1n) is 6.49. The summed E-state index contributed by atoms with van der Waals surface area (Å²) in [7, 11) is -3.36. The van der Waals surface area contributed by atoms with Crippen LogP contribution in [0.3, 0.4) is 0 Å². The highest BCUT2D eigenvalue weighted by atomic mass is 31.2. The van der Waals surface area contributed by atoms with Crippen LogP contribution in [0.4, 0.5) is 5.82 Å². The summed E-state index contributed by atoms with van der Waals surface area (Å²) in [5, 5.41) is 9.86. The van der Waals surface area contributed by atoms with E-state index >= 15 is 0 Å². The number of nitrogen functional groups attached to an aromatic ring is 1. The zero-order valence-electron chi connectivity index (χ0n) is 12.0. The Bertz CT molecular complexity index is 577. The first-order chi connectivity index (χ1) is 9.90. The van der Waals surface area contributed by atoms with Crippen LogP contribution in [-0.4, -0.2) is 34.0 Å². The van der Waals surface area contributed by atoms with Crippen molar-refractivity contribution in [3.63, 3.8) is 0 Å². The Morgan fingerprint density at radius 1 is 1.48 bits per heavy atom. The normalized spacial score (nSPS) is 13.7. The maximum atomic E-state index is 12.1. The molecule has 0 saturated heterocycles. The second kappa shape index (κ2) is 8.09. The fourth-order valence-corrected chi connectivity index (χ4v) is 2.91. The minimum absolute atomic E-state index is 0.0408. The molecule has 1 rings (SSSR count). The van der Waals surface area contributed by atoms with E-state index < -0.39 is 19.4 Å². The summed E-state index contributed by atoms with van der Waals surface area (Å²) < 4.78 is 23.4. The molecule has 0 saturated carbocycles. The SMILES string of the molecule is CCOP(=O)(/C=C/[C@@H](O)Cn1ccc(N)nc1=O)OCC. The van der Waals surface area contributed by atoms with Gasteiger partial charge in [-0.15, -0.1) is 0 Å². The van der Waals surface area contributed by atoms with E-state index in [1.165, 1.54) is 28.7 Å². The van der Waals surface area contributed by atoms with Gasteiger partial charge in [-0.2, -0.15) is 4.98 Å². The van der Waals surface area contributed by atoms with Crippen LogP contribution < -0.4 is 11.4 Å². The van der Waals surface area contributed by atoms with Crippen molar-refractivity contribution in [3.05, 3.63) is 34.6 Å². The Balaban J connectivity index is 2.75. The van der Waals surface area contributed by atoms with Gasteiger partial charge < -0.3 is 19.9 Å². The molecule has 1 atom stereocenters. The quantitative estimate of drug-likeness (QED) is 0.686. The number of aliphatic hydroxyl groups excluding tert-OH is 1. The molecule has 0 bridgehead atoms. The van der Waals surface area contributed by atoms with E-state index in [2.05, 4.69) is 4.98 Å². The fraction of sp³-hybridized carbons (Fsp3) is 0.500. The summed E-state index contributed by atoms with van der Waals surface area (Å²) in [6.07, 6.45) is 1.66. The number of hydrogen-bond donors (Lipinski definition) is 2. The Morgan fingerprint density at radius 2 is 2.10 bits per heavy atom. The number of hydrogen-bond acceptors (Lipinski definition) is 7. The molecule has 8 nitrogen and oxygen atoms in total. The smallest absolute Gasteiger partial charge is 0.353 e. The van der Waals surface area contributed by atoms with Crippen LogP contribution >= 0.6 is 7.60 Å². The van der Waals surface area contributed by atoms with Crippen LogP contribution in [-0.2, 0) is 20.2 Å². The number of nitrogens with two attached hydrogens (primary N) is 1. The van der Waals surface area contributed by atoms with Crippen molar-refractivity contribution in [1.29, 1.82) is 0 Å². The van der Waals surface area contributed by atoms with E-state index in [0.29, 0.717) is 0 Å². The van der Waals surface area contributed by atoms with E-state index in [9.17, 15) is 14.5 Å². The summed E-state index contributed by atoms with van der Waals surface area (Å²) in [6, 6.07) is 1.45. The molecular weight excluding hydrogens is 297 g/mol. The van der Waals surface area contributed by atoms with E-state index in [4.69, 9.17) is 14.8 Å². The lowest BCUT2D eigenvalue weighted by molar-refractivity contribution is 0.197. The maximum absolute atomic E-state index is 12.1. The maximum Gasteiger partial charge on any atom is 0.353 e. The lowest BCUT2D eigenvalue weighted by atomic mass is 10.3. The van der Waals surface area contributed by atoms with E-state index in [0.717, 1.165) is 0 Å². The minimum atomic E-state index is -3.36. The van der Waals surface area contributed by atoms with Crippen molar-refractivity contribution in [2.24, 2.45) is 0 Å². The summed E-state index contributed by atoms with van der Waals surface area (Å²) in [6.45, 7) is 3.78. The summed E-state index contributed by atoms with van der Waals surface area (Å²) >= 11 is 0. The summed E-state index contributed by atoms with van der Waals surface area (Å²) in [5.74, 6) is 1.30. The highest BCUT2D eigenvalue weighted by molar-refractivity contribution is 7.57. The van der Waals surface area contributed by atoms with Gasteiger partial charge in [-0.3, -0.25) is 9.13 Å². The van der Waals surface area contributed by atoms with Crippen LogP contribution in [0.25, 0.3) is 0 Å². The third kappa shape index (κ3) is 5.81. The van der Waals surface area contributed by atoms with Crippen molar-refractivity contribution >= 4 is 13.4 Å². The number of anilines is 1. The lowest BCUT2D eigenvalue weighted by Gasteiger charge is -2.14. The third-order valence-corrected chi connectivity index (χ3v) is 4.16. The van der Waals surface area contributed by atoms with Crippen LogP contribution in [0, 0.1) is 0 Å². The molecule has 118 valence electrons. The molecule has 0 aliphatic heterocycles. The zero-order chi connectivity index (χ0) is 15.9. The lowest BCUT2D eigenvalue weighted by Crippen LogP contribution is -2.27. The first kappa shape index (κ1) is 17.6. The molecule has 0 unspecified atom stereocenters. The highest BCUT2D eigenvalue weighted by Crippen LogP contribution is 2.49. The van der Waals surface area contributed by atoms with Crippen LogP contribution in [0.15, 0.2) is 29.0 Å². The topological polar surface area (TPSA) is 117 Å². The number of nitrogens with zero attached hydrogens (tertiary/aromatic N) is 2. The molecule has 0 fully saturated rings. The standard InChI is InChI=1S/C12H20N3O5P/c1-3-19-21(18,20-4-2)8-6-10(16)9-15-7-5-11(13)14-12(15)17/h5-8,10,16H,3-4,9H2,1-2H3,(H2,13,14,17)/b8-6+/t10-/m1/s1. The minimum Gasteiger partial charge on any atom is -0.387 e. The van der Waals surface area contributed by atoms with Crippen molar-refractivity contribution in [2.45, 2.75) is 26.5 Å². The molecule has 21 heavy (non-hydrogen) atoms. The van der Waals surface area contributed by atoms with E-state index in [-0.39, 0.29) is 25.6 Å². The largest absolute Gasteiger partial charge is 0.387 e. The molecular formula is C12H20N3O5P. The van der Waals surface area contributed by atoms with Gasteiger partial charge in [-0.25, -0.2) is 4.79 Å². The van der Waals surface area contributed by atoms with Crippen molar-refractivity contribution in [3.8, 4) is 0 Å². The van der Waals surface area contributed by atoms with Crippen molar-refractivity contribution in [2.75, 3.05) is 18.9 Å². The van der Waals surface area contributed by atoms with Crippen molar-refractivity contribution in [1.82, 2.24) is 9.55 Å². The van der Waals surface area contributed by atoms with Gasteiger partial charge in [0.15, 0.2) is 0 Å². The molecule has 1 heterocycles. The first-order valence-corrected chi connectivity index (χ1v) is 8.10. The van der Waals surface area contributed by atoms with Gasteiger partial charge in [0.05, 0.1) is 25.9 Å². The van der Waals surface area contributed by atoms with Crippen LogP contribution in [0.1, 0.15) is 13.8 Å². The van der Waals surface area contributed by atoms with E-state index in [1.807, 2.05) is 0 Å². The van der Waals surface area contributed by atoms with Crippen LogP contribution in [0.2, 0.25) is 0 Å². The Kier molecular flexibility index (Phi) is 6.77. The van der Waals surface area contributed by atoms with E-state index in [1.54, 1.807) is 13.8 Å². The van der Waals surface area contributed by atoms with Gasteiger partial charge in [-0.1, -0.05) is 0 Å². The van der Waals surface area contributed by atoms with Gasteiger partial charge >= 0.3 is 13.3 Å². The van der Waals surface area contributed by atoms with Gasteiger partial charge in [0, 0.05) is 12.0 Å². The van der Waals surface area contributed by atoms with Gasteiger partial charge in [0.1, 0.15) is 5.82 Å². The molecule has 1 aromatic heterocycles. The third-order valence-electron chi connectivity index (χ3n) is 2.39. The average molecular weight is 317 g/mol. The molecule has 1 aromatic rings. The number of rotatable bonds is 8. The van der Waals surface area contributed by atoms with Gasteiger partial charge in [0.25, 0.3) is 0 Å². The summed E-state index contributed by atoms with van der Waals surface area (Å²) in [4.78, 5) is 15.1. The highest BCUT2D eigenvalue weighted by Gasteiger charge is 2.19. The molecule has 0 aromatic carbocycles. The monoisotopic (exact) mass is 317 g/mol. The predicted molar refractivity (Wildman–Crippen MR) is 78.9 cm³/mol. The Hall–Kier alpha value is -1.47. The molecule has 3 N–H and O–H groups in total. The second-order valence-electron chi connectivity index (χ2n) is 4.07. The van der Waals surface area contributed by atoms with Gasteiger partial charge in [0.2, 0.25) is 0 Å². The Labute approximate surface area is 122 Å². The van der Waals surface area contributed by atoms with Gasteiger partial charge in [-0.05, 0) is 26.0 Å². The summed E-state index contributed by atoms with van der Waals surface area (Å²) in [5.41, 5.74) is 4.80. The molecule has 0 aliphatic carbocycles. The molecule has 0 radical (unpaired) electrons. The molecule has 0 aliphatic rings. The Morgan fingerprint density at radius 3 is 2.62 bits per heavy atom. The molecule has 0 spiro atoms. The fourth-order valence-electron chi connectivity index (χ4n) is 1.53. The predicted octanol–water partition coefficient (Wildman–Crippen LogP) is 0.966. The average Bonchev–Trinajstić information content (AvgIpc) is 2.40. The van der Waals surface area contributed by atoms with Crippen molar-refractivity contribution < 1.29 is 18.7 Å².